The molecule has 3 nitrogen and oxygen atoms in total. The van der Waals surface area contributed by atoms with Crippen LogP contribution in [0, 0.1) is 22.2 Å². The zero-order valence-electron chi connectivity index (χ0n) is 15.2. The van der Waals surface area contributed by atoms with Gasteiger partial charge in [-0.05, 0) is 41.9 Å². The molecular weight excluding hydrogens is 260 g/mol. The van der Waals surface area contributed by atoms with Crippen molar-refractivity contribution in [3.05, 3.63) is 0 Å². The smallest absolute Gasteiger partial charge is 0.224 e. The van der Waals surface area contributed by atoms with Crippen molar-refractivity contribution in [1.82, 2.24) is 5.32 Å². The Balaban J connectivity index is 2.68. The van der Waals surface area contributed by atoms with E-state index in [9.17, 15) is 4.79 Å². The van der Waals surface area contributed by atoms with Crippen LogP contribution in [-0.2, 0) is 4.79 Å². The van der Waals surface area contributed by atoms with E-state index in [4.69, 9.17) is 5.73 Å². The summed E-state index contributed by atoms with van der Waals surface area (Å²) in [6.07, 6.45) is 4.19. The topological polar surface area (TPSA) is 55.1 Å². The number of nitrogens with two attached hydrogens (primary N) is 1. The third kappa shape index (κ3) is 6.37. The van der Waals surface area contributed by atoms with Gasteiger partial charge in [0.15, 0.2) is 0 Å². The van der Waals surface area contributed by atoms with E-state index in [0.717, 1.165) is 19.3 Å². The minimum atomic E-state index is -0.0712. The molecule has 1 unspecified atom stereocenters. The highest BCUT2D eigenvalue weighted by molar-refractivity contribution is 5.79. The summed E-state index contributed by atoms with van der Waals surface area (Å²) >= 11 is 0. The van der Waals surface area contributed by atoms with E-state index in [1.54, 1.807) is 0 Å². The largest absolute Gasteiger partial charge is 0.353 e. The molecule has 0 aliphatic heterocycles. The normalized spacial score (nSPS) is 23.6. The number of hydrogen-bond donors (Lipinski definition) is 2. The van der Waals surface area contributed by atoms with Crippen molar-refractivity contribution in [3.8, 4) is 0 Å². The zero-order chi connectivity index (χ0) is 16.5. The zero-order valence-corrected chi connectivity index (χ0v) is 15.2. The van der Waals surface area contributed by atoms with Crippen LogP contribution in [0.1, 0.15) is 74.1 Å². The van der Waals surface area contributed by atoms with Crippen LogP contribution in [0.4, 0.5) is 0 Å². The monoisotopic (exact) mass is 296 g/mol. The molecule has 0 saturated heterocycles. The number of carbonyl (C=O) groups is 1. The Labute approximate surface area is 131 Å². The second-order valence-corrected chi connectivity index (χ2v) is 9.82. The molecule has 1 amide bonds. The lowest BCUT2D eigenvalue weighted by Gasteiger charge is -2.45. The third-order valence-electron chi connectivity index (χ3n) is 4.42. The van der Waals surface area contributed by atoms with Gasteiger partial charge in [-0.25, -0.2) is 0 Å². The molecule has 1 atom stereocenters. The van der Waals surface area contributed by atoms with Crippen LogP contribution in [0.5, 0.6) is 0 Å². The third-order valence-corrected chi connectivity index (χ3v) is 4.42. The average molecular weight is 296 g/mol. The molecule has 1 saturated carbocycles. The first kappa shape index (κ1) is 18.5. The van der Waals surface area contributed by atoms with Crippen molar-refractivity contribution >= 4 is 5.91 Å². The van der Waals surface area contributed by atoms with Gasteiger partial charge in [0.1, 0.15) is 0 Å². The van der Waals surface area contributed by atoms with Crippen molar-refractivity contribution in [2.75, 3.05) is 6.54 Å². The van der Waals surface area contributed by atoms with Gasteiger partial charge in [-0.15, -0.1) is 0 Å². The fourth-order valence-corrected chi connectivity index (χ4v) is 4.29. The summed E-state index contributed by atoms with van der Waals surface area (Å²) in [6, 6.07) is 0.283. The Hall–Kier alpha value is -0.570. The highest BCUT2D eigenvalue weighted by Crippen LogP contribution is 2.45. The molecule has 1 fully saturated rings. The van der Waals surface area contributed by atoms with Crippen LogP contribution in [0.25, 0.3) is 0 Å². The Morgan fingerprint density at radius 2 is 1.67 bits per heavy atom. The lowest BCUT2D eigenvalue weighted by atomic mass is 9.63. The van der Waals surface area contributed by atoms with Crippen molar-refractivity contribution in [3.63, 3.8) is 0 Å². The molecule has 0 radical (unpaired) electrons. The molecule has 3 N–H and O–H groups in total. The Morgan fingerprint density at radius 1 is 1.19 bits per heavy atom. The first-order valence-corrected chi connectivity index (χ1v) is 8.34. The summed E-state index contributed by atoms with van der Waals surface area (Å²) in [5, 5.41) is 3.28. The number of amides is 1. The molecule has 1 aliphatic carbocycles. The van der Waals surface area contributed by atoms with Gasteiger partial charge < -0.3 is 11.1 Å². The second kappa shape index (κ2) is 6.28. The van der Waals surface area contributed by atoms with Gasteiger partial charge in [-0.1, -0.05) is 48.5 Å². The summed E-state index contributed by atoms with van der Waals surface area (Å²) in [5.41, 5.74) is 6.55. The van der Waals surface area contributed by atoms with Gasteiger partial charge in [0.25, 0.3) is 0 Å². The molecule has 0 bridgehead atoms. The molecule has 0 aromatic heterocycles. The summed E-state index contributed by atoms with van der Waals surface area (Å²) in [7, 11) is 0. The molecule has 21 heavy (non-hydrogen) atoms. The quantitative estimate of drug-likeness (QED) is 0.830. The number of hydrogen-bond acceptors (Lipinski definition) is 2. The van der Waals surface area contributed by atoms with Crippen LogP contribution < -0.4 is 11.1 Å². The van der Waals surface area contributed by atoms with E-state index in [0.29, 0.717) is 17.4 Å². The minimum Gasteiger partial charge on any atom is -0.353 e. The Kier molecular flexibility index (Phi) is 5.52. The van der Waals surface area contributed by atoms with Gasteiger partial charge in [0.2, 0.25) is 5.91 Å². The number of carbonyl (C=O) groups excluding carboxylic acids is 1. The fraction of sp³-hybridized carbons (Fsp3) is 0.944. The van der Waals surface area contributed by atoms with Gasteiger partial charge in [0.05, 0.1) is 5.92 Å². The molecule has 0 spiro atoms. The highest BCUT2D eigenvalue weighted by Gasteiger charge is 2.39. The van der Waals surface area contributed by atoms with Crippen LogP contribution >= 0.6 is 0 Å². The summed E-state index contributed by atoms with van der Waals surface area (Å²) in [4.78, 5) is 12.6. The summed E-state index contributed by atoms with van der Waals surface area (Å²) < 4.78 is 0. The molecule has 0 aromatic carbocycles. The molecule has 1 aliphatic rings. The van der Waals surface area contributed by atoms with E-state index in [-0.39, 0.29) is 23.3 Å². The maximum atomic E-state index is 12.6. The average Bonchev–Trinajstić information content (AvgIpc) is 2.19. The van der Waals surface area contributed by atoms with E-state index < -0.39 is 0 Å². The lowest BCUT2D eigenvalue weighted by molar-refractivity contribution is -0.127. The van der Waals surface area contributed by atoms with E-state index in [1.807, 2.05) is 0 Å². The van der Waals surface area contributed by atoms with Crippen LogP contribution in [0.2, 0.25) is 0 Å². The molecule has 3 heteroatoms. The number of rotatable bonds is 4. The molecule has 1 rings (SSSR count). The molecule has 0 aromatic rings. The molecule has 0 heterocycles. The van der Waals surface area contributed by atoms with E-state index in [2.05, 4.69) is 53.8 Å². The highest BCUT2D eigenvalue weighted by atomic mass is 16.1. The molecular formula is C18H36N2O. The predicted molar refractivity (Wildman–Crippen MR) is 90.0 cm³/mol. The maximum Gasteiger partial charge on any atom is 0.224 e. The lowest BCUT2D eigenvalue weighted by Crippen LogP contribution is -2.49. The van der Waals surface area contributed by atoms with E-state index >= 15 is 0 Å². The van der Waals surface area contributed by atoms with Crippen molar-refractivity contribution in [2.45, 2.75) is 80.2 Å². The summed E-state index contributed by atoms with van der Waals surface area (Å²) in [5.74, 6) is 0.0732. The van der Waals surface area contributed by atoms with Gasteiger partial charge in [0, 0.05) is 12.6 Å². The standard InChI is InChI=1S/C18H36N2O/c1-16(2,3)8-13(11-19)15(21)20-14-9-17(4,5)12-18(6,7)10-14/h13-14H,8-12,19H2,1-7H3,(H,20,21). The van der Waals surface area contributed by atoms with Gasteiger partial charge >= 0.3 is 0 Å². The van der Waals surface area contributed by atoms with Gasteiger partial charge in [-0.3, -0.25) is 4.79 Å². The van der Waals surface area contributed by atoms with E-state index in [1.165, 1.54) is 6.42 Å². The second-order valence-electron chi connectivity index (χ2n) is 9.82. The van der Waals surface area contributed by atoms with Crippen LogP contribution in [0.3, 0.4) is 0 Å². The van der Waals surface area contributed by atoms with Crippen LogP contribution in [0.15, 0.2) is 0 Å². The predicted octanol–water partition coefficient (Wildman–Crippen LogP) is 3.72. The van der Waals surface area contributed by atoms with Crippen molar-refractivity contribution < 1.29 is 4.79 Å². The van der Waals surface area contributed by atoms with Gasteiger partial charge in [-0.2, -0.15) is 0 Å². The van der Waals surface area contributed by atoms with Crippen molar-refractivity contribution in [1.29, 1.82) is 0 Å². The van der Waals surface area contributed by atoms with Crippen LogP contribution in [-0.4, -0.2) is 18.5 Å². The summed E-state index contributed by atoms with van der Waals surface area (Å²) in [6.45, 7) is 16.2. The Bertz CT molecular complexity index is 350. The maximum absolute atomic E-state index is 12.6. The first-order chi connectivity index (χ1) is 9.34. The SMILES string of the molecule is CC(C)(C)CC(CN)C(=O)NC1CC(C)(C)CC(C)(C)C1. The Morgan fingerprint density at radius 3 is 2.05 bits per heavy atom. The first-order valence-electron chi connectivity index (χ1n) is 8.34. The minimum absolute atomic E-state index is 0.0712. The van der Waals surface area contributed by atoms with Crippen molar-refractivity contribution in [2.24, 2.45) is 27.9 Å². The fourth-order valence-electron chi connectivity index (χ4n) is 4.29. The number of nitrogens with one attached hydrogen (secondary N) is 1. The molecule has 124 valence electrons.